The van der Waals surface area contributed by atoms with E-state index in [0.29, 0.717) is 6.04 Å². The Hall–Kier alpha value is -1.61. The standard InChI is InChI=1S/C19H28N2O/c1-7-13(2)20-12-14-11-17(19(3,4)5)21-18-15(14)9-8-10-16(18)22-6/h8-11,13,20H,7,12H2,1-6H3. The van der Waals surface area contributed by atoms with E-state index in [9.17, 15) is 0 Å². The maximum Gasteiger partial charge on any atom is 0.145 e. The molecule has 2 aromatic rings. The summed E-state index contributed by atoms with van der Waals surface area (Å²) in [5, 5.41) is 4.76. The molecule has 1 aromatic carbocycles. The molecular formula is C19H28N2O. The van der Waals surface area contributed by atoms with Gasteiger partial charge in [-0.25, -0.2) is 4.98 Å². The monoisotopic (exact) mass is 300 g/mol. The summed E-state index contributed by atoms with van der Waals surface area (Å²) in [7, 11) is 1.71. The van der Waals surface area contributed by atoms with Gasteiger partial charge in [0.2, 0.25) is 0 Å². The van der Waals surface area contributed by atoms with Crippen molar-refractivity contribution in [2.24, 2.45) is 0 Å². The van der Waals surface area contributed by atoms with Gasteiger partial charge in [0.25, 0.3) is 0 Å². The van der Waals surface area contributed by atoms with Crippen LogP contribution in [-0.4, -0.2) is 18.1 Å². The summed E-state index contributed by atoms with van der Waals surface area (Å²) in [5.74, 6) is 0.841. The summed E-state index contributed by atoms with van der Waals surface area (Å²) in [6.45, 7) is 11.9. The van der Waals surface area contributed by atoms with Crippen molar-refractivity contribution in [3.8, 4) is 5.75 Å². The minimum Gasteiger partial charge on any atom is -0.494 e. The van der Waals surface area contributed by atoms with Gasteiger partial charge in [0.15, 0.2) is 0 Å². The molecule has 2 rings (SSSR count). The Morgan fingerprint density at radius 1 is 1.27 bits per heavy atom. The van der Waals surface area contributed by atoms with Crippen molar-refractivity contribution in [3.63, 3.8) is 0 Å². The summed E-state index contributed by atoms with van der Waals surface area (Å²) in [5.41, 5.74) is 3.36. The van der Waals surface area contributed by atoms with E-state index in [0.717, 1.165) is 29.9 Å². The van der Waals surface area contributed by atoms with Crippen LogP contribution in [0, 0.1) is 0 Å². The average Bonchev–Trinajstić information content (AvgIpc) is 2.50. The van der Waals surface area contributed by atoms with Gasteiger partial charge in [-0.2, -0.15) is 0 Å². The second-order valence-electron chi connectivity index (χ2n) is 6.96. The number of hydrogen-bond acceptors (Lipinski definition) is 3. The number of rotatable bonds is 5. The van der Waals surface area contributed by atoms with E-state index in [1.807, 2.05) is 12.1 Å². The molecule has 1 atom stereocenters. The number of pyridine rings is 1. The Morgan fingerprint density at radius 2 is 2.00 bits per heavy atom. The molecule has 1 N–H and O–H groups in total. The van der Waals surface area contributed by atoms with Crippen LogP contribution in [0.15, 0.2) is 24.3 Å². The fourth-order valence-electron chi connectivity index (χ4n) is 2.42. The molecule has 0 spiro atoms. The molecule has 0 radical (unpaired) electrons. The first-order valence-corrected chi connectivity index (χ1v) is 8.07. The zero-order chi connectivity index (χ0) is 16.3. The molecule has 3 nitrogen and oxygen atoms in total. The van der Waals surface area contributed by atoms with Gasteiger partial charge in [0.1, 0.15) is 11.3 Å². The van der Waals surface area contributed by atoms with E-state index in [1.54, 1.807) is 7.11 Å². The Kier molecular flexibility index (Phi) is 5.07. The smallest absolute Gasteiger partial charge is 0.145 e. The number of ether oxygens (including phenoxy) is 1. The fraction of sp³-hybridized carbons (Fsp3) is 0.526. The third-order valence-corrected chi connectivity index (χ3v) is 4.13. The molecule has 0 aliphatic heterocycles. The molecule has 0 amide bonds. The fourth-order valence-corrected chi connectivity index (χ4v) is 2.42. The van der Waals surface area contributed by atoms with Crippen molar-refractivity contribution in [1.29, 1.82) is 0 Å². The Bertz CT molecular complexity index is 644. The maximum absolute atomic E-state index is 5.51. The highest BCUT2D eigenvalue weighted by molar-refractivity contribution is 5.87. The number of methoxy groups -OCH3 is 1. The largest absolute Gasteiger partial charge is 0.494 e. The second-order valence-corrected chi connectivity index (χ2v) is 6.96. The van der Waals surface area contributed by atoms with E-state index < -0.39 is 0 Å². The average molecular weight is 300 g/mol. The van der Waals surface area contributed by atoms with Gasteiger partial charge in [0, 0.05) is 29.1 Å². The lowest BCUT2D eigenvalue weighted by Crippen LogP contribution is -2.25. The molecule has 120 valence electrons. The van der Waals surface area contributed by atoms with Gasteiger partial charge in [-0.15, -0.1) is 0 Å². The van der Waals surface area contributed by atoms with Crippen molar-refractivity contribution >= 4 is 10.9 Å². The van der Waals surface area contributed by atoms with Gasteiger partial charge < -0.3 is 10.1 Å². The van der Waals surface area contributed by atoms with Gasteiger partial charge in [0.05, 0.1) is 7.11 Å². The summed E-state index contributed by atoms with van der Waals surface area (Å²) in [6.07, 6.45) is 1.12. The number of hydrogen-bond donors (Lipinski definition) is 1. The SMILES string of the molecule is CCC(C)NCc1cc(C(C)(C)C)nc2c(OC)cccc12. The molecule has 0 saturated carbocycles. The Morgan fingerprint density at radius 3 is 2.59 bits per heavy atom. The van der Waals surface area contributed by atoms with Crippen LogP contribution in [0.5, 0.6) is 5.75 Å². The van der Waals surface area contributed by atoms with Crippen LogP contribution in [0.2, 0.25) is 0 Å². The van der Waals surface area contributed by atoms with E-state index in [4.69, 9.17) is 9.72 Å². The number of nitrogens with zero attached hydrogens (tertiary/aromatic N) is 1. The van der Waals surface area contributed by atoms with Crippen LogP contribution in [0.3, 0.4) is 0 Å². The summed E-state index contributed by atoms with van der Waals surface area (Å²) < 4.78 is 5.51. The molecule has 3 heteroatoms. The predicted molar refractivity (Wildman–Crippen MR) is 93.6 cm³/mol. The molecule has 0 aliphatic carbocycles. The molecule has 0 saturated heterocycles. The van der Waals surface area contributed by atoms with Gasteiger partial charge in [-0.05, 0) is 31.0 Å². The lowest BCUT2D eigenvalue weighted by molar-refractivity contribution is 0.418. The third-order valence-electron chi connectivity index (χ3n) is 4.13. The highest BCUT2D eigenvalue weighted by atomic mass is 16.5. The summed E-state index contributed by atoms with van der Waals surface area (Å²) in [4.78, 5) is 4.87. The van der Waals surface area contributed by atoms with Gasteiger partial charge >= 0.3 is 0 Å². The molecular weight excluding hydrogens is 272 g/mol. The molecule has 1 unspecified atom stereocenters. The lowest BCUT2D eigenvalue weighted by Gasteiger charge is -2.21. The van der Waals surface area contributed by atoms with Crippen molar-refractivity contribution in [2.45, 2.75) is 59.0 Å². The molecule has 0 aliphatic rings. The minimum absolute atomic E-state index is 0.0141. The first-order valence-electron chi connectivity index (χ1n) is 8.07. The topological polar surface area (TPSA) is 34.2 Å². The van der Waals surface area contributed by atoms with E-state index in [1.165, 1.54) is 10.9 Å². The van der Waals surface area contributed by atoms with Crippen LogP contribution >= 0.6 is 0 Å². The van der Waals surface area contributed by atoms with Crippen LogP contribution in [0.25, 0.3) is 10.9 Å². The first kappa shape index (κ1) is 16.8. The van der Waals surface area contributed by atoms with Crippen LogP contribution in [0.4, 0.5) is 0 Å². The summed E-state index contributed by atoms with van der Waals surface area (Å²) in [6, 6.07) is 8.88. The van der Waals surface area contributed by atoms with Gasteiger partial charge in [-0.3, -0.25) is 0 Å². The van der Waals surface area contributed by atoms with E-state index in [-0.39, 0.29) is 5.41 Å². The second kappa shape index (κ2) is 6.66. The highest BCUT2D eigenvalue weighted by Gasteiger charge is 2.19. The minimum atomic E-state index is 0.0141. The molecule has 1 heterocycles. The number of para-hydroxylation sites is 1. The third kappa shape index (κ3) is 3.58. The molecule has 0 bridgehead atoms. The quantitative estimate of drug-likeness (QED) is 0.887. The van der Waals surface area contributed by atoms with Crippen molar-refractivity contribution in [1.82, 2.24) is 10.3 Å². The molecule has 22 heavy (non-hydrogen) atoms. The van der Waals surface area contributed by atoms with Gasteiger partial charge in [-0.1, -0.05) is 39.8 Å². The zero-order valence-corrected chi connectivity index (χ0v) is 14.7. The maximum atomic E-state index is 5.51. The van der Waals surface area contributed by atoms with E-state index in [2.05, 4.69) is 52.1 Å². The normalized spacial score (nSPS) is 13.4. The van der Waals surface area contributed by atoms with Crippen molar-refractivity contribution in [3.05, 3.63) is 35.5 Å². The lowest BCUT2D eigenvalue weighted by atomic mass is 9.89. The van der Waals surface area contributed by atoms with Crippen molar-refractivity contribution < 1.29 is 4.74 Å². The number of fused-ring (bicyclic) bond motifs is 1. The molecule has 1 aromatic heterocycles. The Labute approximate surface area is 134 Å². The first-order chi connectivity index (χ1) is 10.4. The number of benzene rings is 1. The van der Waals surface area contributed by atoms with Crippen molar-refractivity contribution in [2.75, 3.05) is 7.11 Å². The zero-order valence-electron chi connectivity index (χ0n) is 14.7. The highest BCUT2D eigenvalue weighted by Crippen LogP contribution is 2.31. The van der Waals surface area contributed by atoms with E-state index >= 15 is 0 Å². The molecule has 0 fully saturated rings. The predicted octanol–water partition coefficient (Wildman–Crippen LogP) is 4.43. The van der Waals surface area contributed by atoms with Crippen LogP contribution in [0.1, 0.15) is 52.3 Å². The van der Waals surface area contributed by atoms with Crippen LogP contribution in [-0.2, 0) is 12.0 Å². The Balaban J connectivity index is 2.56. The summed E-state index contributed by atoms with van der Waals surface area (Å²) >= 11 is 0. The van der Waals surface area contributed by atoms with Crippen LogP contribution < -0.4 is 10.1 Å². The number of nitrogens with one attached hydrogen (secondary N) is 1. The number of aromatic nitrogens is 1.